The average Bonchev–Trinajstić information content (AvgIpc) is 3.58. The number of anilines is 2. The third-order valence-electron chi connectivity index (χ3n) is 5.73. The molecule has 0 spiro atoms. The molecule has 5 heterocycles. The number of benzene rings is 1. The largest absolute Gasteiger partial charge is 0.345 e. The highest BCUT2D eigenvalue weighted by molar-refractivity contribution is 7.13. The Kier molecular flexibility index (Phi) is 5.14. The maximum absolute atomic E-state index is 14.1. The molecule has 4 atom stereocenters. The van der Waals surface area contributed by atoms with Crippen LogP contribution in [0.2, 0.25) is 0 Å². The van der Waals surface area contributed by atoms with Gasteiger partial charge >= 0.3 is 0 Å². The predicted molar refractivity (Wildman–Crippen MR) is 124 cm³/mol. The second kappa shape index (κ2) is 8.20. The number of fused-ring (bicyclic) bond motifs is 2. The van der Waals surface area contributed by atoms with Gasteiger partial charge < -0.3 is 19.5 Å². The van der Waals surface area contributed by atoms with Crippen molar-refractivity contribution in [2.24, 2.45) is 0 Å². The zero-order valence-corrected chi connectivity index (χ0v) is 19.1. The lowest BCUT2D eigenvalue weighted by Crippen LogP contribution is -2.28. The standard InChI is InChI=1S/C23H21FN6O3S/c1-23(2)32-17-15(8-7-13-5-3-4-6-14(13)24)31-21(18(17)33-23)30-12-28-16-19(26-11-27-20(16)30)29-22-25-9-10-34-22/h3-12,15,17-18,21H,1-2H3,(H,25,26,27,29)/t15-,17-,18-,21-/m1/s1. The number of hydrogen-bond acceptors (Lipinski definition) is 9. The first-order valence-corrected chi connectivity index (χ1v) is 11.6. The number of thiazole rings is 1. The highest BCUT2D eigenvalue weighted by atomic mass is 32.1. The van der Waals surface area contributed by atoms with E-state index in [0.29, 0.717) is 27.7 Å². The van der Waals surface area contributed by atoms with Gasteiger partial charge in [0.2, 0.25) is 0 Å². The lowest BCUT2D eigenvalue weighted by molar-refractivity contribution is -0.191. The summed E-state index contributed by atoms with van der Waals surface area (Å²) in [5.41, 5.74) is 1.65. The van der Waals surface area contributed by atoms with E-state index in [-0.39, 0.29) is 11.9 Å². The Bertz CT molecular complexity index is 1360. The Labute approximate surface area is 198 Å². The van der Waals surface area contributed by atoms with E-state index in [1.165, 1.54) is 23.7 Å². The smallest absolute Gasteiger partial charge is 0.188 e. The van der Waals surface area contributed by atoms with Crippen molar-refractivity contribution in [3.63, 3.8) is 0 Å². The van der Waals surface area contributed by atoms with Gasteiger partial charge in [-0.1, -0.05) is 30.4 Å². The normalized spacial score (nSPS) is 25.9. The van der Waals surface area contributed by atoms with E-state index in [1.54, 1.807) is 36.8 Å². The van der Waals surface area contributed by atoms with E-state index in [2.05, 4.69) is 25.3 Å². The van der Waals surface area contributed by atoms with Gasteiger partial charge in [-0.2, -0.15) is 0 Å². The van der Waals surface area contributed by atoms with Gasteiger partial charge in [-0.15, -0.1) is 11.3 Å². The first kappa shape index (κ1) is 21.3. The number of hydrogen-bond donors (Lipinski definition) is 1. The van der Waals surface area contributed by atoms with Gasteiger partial charge in [0.05, 0.1) is 6.33 Å². The van der Waals surface area contributed by atoms with E-state index < -0.39 is 24.2 Å². The molecule has 2 aliphatic rings. The van der Waals surface area contributed by atoms with Crippen LogP contribution in [0.15, 0.2) is 54.6 Å². The number of nitrogens with zero attached hydrogens (tertiary/aromatic N) is 5. The summed E-state index contributed by atoms with van der Waals surface area (Å²) in [6.07, 6.45) is 6.56. The molecule has 1 aromatic carbocycles. The van der Waals surface area contributed by atoms with Crippen molar-refractivity contribution in [3.05, 3.63) is 66.0 Å². The Morgan fingerprint density at radius 2 is 1.97 bits per heavy atom. The van der Waals surface area contributed by atoms with Gasteiger partial charge in [0.15, 0.2) is 34.1 Å². The second-order valence-corrected chi connectivity index (χ2v) is 9.34. The SMILES string of the molecule is CC1(C)O[C@@H]2[C@H](O1)[C@@H](C=Cc1ccccc1F)O[C@H]2n1cnc2c(Nc3nccs3)ncnc21. The minimum Gasteiger partial charge on any atom is -0.345 e. The van der Waals surface area contributed by atoms with Crippen LogP contribution in [0.3, 0.4) is 0 Å². The van der Waals surface area contributed by atoms with Gasteiger partial charge in [0, 0.05) is 17.1 Å². The molecule has 2 aliphatic heterocycles. The van der Waals surface area contributed by atoms with E-state index >= 15 is 0 Å². The molecular formula is C23H21FN6O3S. The summed E-state index contributed by atoms with van der Waals surface area (Å²) in [6, 6.07) is 6.58. The van der Waals surface area contributed by atoms with Crippen LogP contribution < -0.4 is 5.32 Å². The Morgan fingerprint density at radius 1 is 1.12 bits per heavy atom. The molecule has 0 aliphatic carbocycles. The molecule has 0 bridgehead atoms. The molecule has 2 fully saturated rings. The average molecular weight is 481 g/mol. The number of ether oxygens (including phenoxy) is 3. The first-order chi connectivity index (χ1) is 16.5. The second-order valence-electron chi connectivity index (χ2n) is 8.45. The van der Waals surface area contributed by atoms with Crippen LogP contribution in [-0.4, -0.2) is 48.6 Å². The fraction of sp³-hybridized carbons (Fsp3) is 0.304. The van der Waals surface area contributed by atoms with Crippen molar-refractivity contribution in [1.29, 1.82) is 0 Å². The van der Waals surface area contributed by atoms with Crippen molar-refractivity contribution in [3.8, 4) is 0 Å². The summed E-state index contributed by atoms with van der Waals surface area (Å²) >= 11 is 1.46. The first-order valence-electron chi connectivity index (χ1n) is 10.8. The third kappa shape index (κ3) is 3.76. The number of imidazole rings is 1. The molecule has 34 heavy (non-hydrogen) atoms. The number of aromatic nitrogens is 5. The highest BCUT2D eigenvalue weighted by Gasteiger charge is 2.55. The minimum atomic E-state index is -0.787. The van der Waals surface area contributed by atoms with E-state index in [1.807, 2.05) is 29.9 Å². The Hall–Kier alpha value is -3.25. The summed E-state index contributed by atoms with van der Waals surface area (Å²) < 4.78 is 34.7. The van der Waals surface area contributed by atoms with Crippen LogP contribution in [0.25, 0.3) is 17.2 Å². The van der Waals surface area contributed by atoms with Crippen molar-refractivity contribution in [1.82, 2.24) is 24.5 Å². The van der Waals surface area contributed by atoms with Gasteiger partial charge in [-0.25, -0.2) is 24.3 Å². The molecule has 0 radical (unpaired) electrons. The maximum Gasteiger partial charge on any atom is 0.188 e. The van der Waals surface area contributed by atoms with Crippen LogP contribution in [-0.2, 0) is 14.2 Å². The van der Waals surface area contributed by atoms with Crippen LogP contribution in [0.5, 0.6) is 0 Å². The zero-order chi connectivity index (χ0) is 23.3. The van der Waals surface area contributed by atoms with Crippen molar-refractivity contribution < 1.29 is 18.6 Å². The Balaban J connectivity index is 1.34. The molecule has 1 N–H and O–H groups in total. The molecular weight excluding hydrogens is 459 g/mol. The van der Waals surface area contributed by atoms with Crippen LogP contribution in [0.4, 0.5) is 15.3 Å². The topological polar surface area (TPSA) is 96.2 Å². The lowest BCUT2D eigenvalue weighted by Gasteiger charge is -2.24. The molecule has 11 heteroatoms. The van der Waals surface area contributed by atoms with Gasteiger partial charge in [-0.05, 0) is 19.9 Å². The number of rotatable bonds is 5. The molecule has 2 saturated heterocycles. The number of halogens is 1. The monoisotopic (exact) mass is 480 g/mol. The molecule has 9 nitrogen and oxygen atoms in total. The van der Waals surface area contributed by atoms with Gasteiger partial charge in [0.25, 0.3) is 0 Å². The predicted octanol–water partition coefficient (Wildman–Crippen LogP) is 4.30. The fourth-order valence-electron chi connectivity index (χ4n) is 4.31. The van der Waals surface area contributed by atoms with Crippen molar-refractivity contribution >= 4 is 39.5 Å². The van der Waals surface area contributed by atoms with Crippen LogP contribution in [0, 0.1) is 5.82 Å². The lowest BCUT2D eigenvalue weighted by atomic mass is 10.1. The molecule has 0 saturated carbocycles. The van der Waals surface area contributed by atoms with E-state index in [4.69, 9.17) is 14.2 Å². The summed E-state index contributed by atoms with van der Waals surface area (Å²) in [5, 5.41) is 5.76. The molecule has 174 valence electrons. The van der Waals surface area contributed by atoms with Crippen molar-refractivity contribution in [2.75, 3.05) is 5.32 Å². The van der Waals surface area contributed by atoms with Gasteiger partial charge in [-0.3, -0.25) is 4.57 Å². The zero-order valence-electron chi connectivity index (χ0n) is 18.3. The quantitative estimate of drug-likeness (QED) is 0.452. The van der Waals surface area contributed by atoms with Crippen molar-refractivity contribution in [2.45, 2.75) is 44.2 Å². The molecule has 0 unspecified atom stereocenters. The highest BCUT2D eigenvalue weighted by Crippen LogP contribution is 2.44. The van der Waals surface area contributed by atoms with E-state index in [0.717, 1.165) is 0 Å². The number of nitrogens with one attached hydrogen (secondary N) is 1. The summed E-state index contributed by atoms with van der Waals surface area (Å²) in [7, 11) is 0. The molecule has 6 rings (SSSR count). The van der Waals surface area contributed by atoms with Crippen LogP contribution >= 0.6 is 11.3 Å². The summed E-state index contributed by atoms with van der Waals surface area (Å²) in [6.45, 7) is 3.73. The van der Waals surface area contributed by atoms with Crippen LogP contribution in [0.1, 0.15) is 25.6 Å². The third-order valence-corrected chi connectivity index (χ3v) is 6.41. The fourth-order valence-corrected chi connectivity index (χ4v) is 4.84. The molecule has 4 aromatic rings. The molecule has 0 amide bonds. The maximum atomic E-state index is 14.1. The summed E-state index contributed by atoms with van der Waals surface area (Å²) in [4.78, 5) is 17.5. The van der Waals surface area contributed by atoms with Gasteiger partial charge in [0.1, 0.15) is 30.5 Å². The molecule has 3 aromatic heterocycles. The minimum absolute atomic E-state index is 0.300. The van der Waals surface area contributed by atoms with E-state index in [9.17, 15) is 4.39 Å². The Morgan fingerprint density at radius 3 is 2.79 bits per heavy atom. The summed E-state index contributed by atoms with van der Waals surface area (Å²) in [5.74, 6) is -0.538.